The first-order chi connectivity index (χ1) is 10.3. The van der Waals surface area contributed by atoms with Crippen molar-refractivity contribution in [2.24, 2.45) is 4.99 Å². The molecule has 0 aromatic carbocycles. The van der Waals surface area contributed by atoms with E-state index in [1.807, 2.05) is 41.2 Å². The average molecular weight is 303 g/mol. The molecular formula is C14H17N5OS. The number of fused-ring (bicyclic) bond motifs is 1. The van der Waals surface area contributed by atoms with Crippen molar-refractivity contribution in [3.8, 4) is 0 Å². The van der Waals surface area contributed by atoms with E-state index in [1.165, 1.54) is 0 Å². The number of hydrogen-bond donors (Lipinski definition) is 2. The summed E-state index contributed by atoms with van der Waals surface area (Å²) >= 11 is 1.62. The lowest BCUT2D eigenvalue weighted by molar-refractivity contribution is 0.501. The average Bonchev–Trinajstić information content (AvgIpc) is 3.18. The fraction of sp³-hybridized carbons (Fsp3) is 0.286. The molecule has 3 aromatic rings. The van der Waals surface area contributed by atoms with Crippen molar-refractivity contribution in [2.75, 3.05) is 6.54 Å². The predicted molar refractivity (Wildman–Crippen MR) is 83.4 cm³/mol. The summed E-state index contributed by atoms with van der Waals surface area (Å²) in [5.74, 6) is 1.63. The van der Waals surface area contributed by atoms with Gasteiger partial charge in [-0.1, -0.05) is 0 Å². The van der Waals surface area contributed by atoms with Crippen LogP contribution in [-0.2, 0) is 13.1 Å². The number of nitrogens with one attached hydrogen (secondary N) is 2. The molecule has 2 N–H and O–H groups in total. The van der Waals surface area contributed by atoms with Crippen LogP contribution in [0.25, 0.3) is 4.96 Å². The van der Waals surface area contributed by atoms with Crippen LogP contribution >= 0.6 is 11.3 Å². The molecule has 0 aliphatic carbocycles. The van der Waals surface area contributed by atoms with Gasteiger partial charge < -0.3 is 15.1 Å². The fourth-order valence-electron chi connectivity index (χ4n) is 1.94. The number of nitrogens with zero attached hydrogens (tertiary/aromatic N) is 3. The van der Waals surface area contributed by atoms with Crippen LogP contribution in [-0.4, -0.2) is 21.9 Å². The molecule has 3 aromatic heterocycles. The highest BCUT2D eigenvalue weighted by Crippen LogP contribution is 2.11. The highest BCUT2D eigenvalue weighted by Gasteiger charge is 2.03. The third-order valence-electron chi connectivity index (χ3n) is 2.90. The van der Waals surface area contributed by atoms with Crippen LogP contribution < -0.4 is 10.6 Å². The Morgan fingerprint density at radius 3 is 3.19 bits per heavy atom. The molecule has 0 spiro atoms. The van der Waals surface area contributed by atoms with Crippen LogP contribution in [0.2, 0.25) is 0 Å². The molecule has 21 heavy (non-hydrogen) atoms. The van der Waals surface area contributed by atoms with E-state index in [2.05, 4.69) is 20.6 Å². The number of thiazole rings is 1. The van der Waals surface area contributed by atoms with Crippen molar-refractivity contribution in [1.29, 1.82) is 0 Å². The van der Waals surface area contributed by atoms with E-state index in [9.17, 15) is 0 Å². The summed E-state index contributed by atoms with van der Waals surface area (Å²) in [6.45, 7) is 4.00. The first-order valence-corrected chi connectivity index (χ1v) is 7.69. The van der Waals surface area contributed by atoms with Gasteiger partial charge in [-0.3, -0.25) is 4.40 Å². The minimum absolute atomic E-state index is 0.544. The molecule has 0 bridgehead atoms. The van der Waals surface area contributed by atoms with Crippen molar-refractivity contribution in [1.82, 2.24) is 20.0 Å². The van der Waals surface area contributed by atoms with E-state index in [0.717, 1.165) is 28.9 Å². The molecule has 0 saturated heterocycles. The van der Waals surface area contributed by atoms with Gasteiger partial charge in [-0.15, -0.1) is 11.3 Å². The second-order valence-electron chi connectivity index (χ2n) is 4.45. The molecule has 0 aliphatic rings. The molecule has 3 rings (SSSR count). The highest BCUT2D eigenvalue weighted by atomic mass is 32.1. The van der Waals surface area contributed by atoms with E-state index in [-0.39, 0.29) is 0 Å². The zero-order chi connectivity index (χ0) is 14.5. The summed E-state index contributed by atoms with van der Waals surface area (Å²) in [4.78, 5) is 10.0. The molecule has 110 valence electrons. The second-order valence-corrected chi connectivity index (χ2v) is 5.33. The lowest BCUT2D eigenvalue weighted by Crippen LogP contribution is -2.36. The van der Waals surface area contributed by atoms with Gasteiger partial charge in [0.2, 0.25) is 0 Å². The normalized spacial score (nSPS) is 12.0. The Balaban J connectivity index is 1.63. The number of rotatable bonds is 5. The maximum atomic E-state index is 5.29. The minimum Gasteiger partial charge on any atom is -0.467 e. The summed E-state index contributed by atoms with van der Waals surface area (Å²) in [6, 6.07) is 3.80. The van der Waals surface area contributed by atoms with Gasteiger partial charge in [0.15, 0.2) is 10.9 Å². The maximum Gasteiger partial charge on any atom is 0.193 e. The molecule has 0 saturated carbocycles. The zero-order valence-electron chi connectivity index (χ0n) is 11.7. The van der Waals surface area contributed by atoms with Gasteiger partial charge in [-0.2, -0.15) is 0 Å². The quantitative estimate of drug-likeness (QED) is 0.560. The van der Waals surface area contributed by atoms with Crippen LogP contribution in [0, 0.1) is 0 Å². The number of guanidine groups is 1. The smallest absolute Gasteiger partial charge is 0.193 e. The van der Waals surface area contributed by atoms with Crippen molar-refractivity contribution in [2.45, 2.75) is 20.0 Å². The Labute approximate surface area is 126 Å². The topological polar surface area (TPSA) is 66.9 Å². The third kappa shape index (κ3) is 3.43. The van der Waals surface area contributed by atoms with Crippen molar-refractivity contribution >= 4 is 22.3 Å². The largest absolute Gasteiger partial charge is 0.467 e. The fourth-order valence-corrected chi connectivity index (χ4v) is 2.66. The minimum atomic E-state index is 0.544. The lowest BCUT2D eigenvalue weighted by atomic mass is 10.4. The number of aliphatic imine (C=N–C) groups is 1. The van der Waals surface area contributed by atoms with Crippen LogP contribution in [0.15, 0.2) is 45.6 Å². The molecule has 0 fully saturated rings. The van der Waals surface area contributed by atoms with Crippen LogP contribution in [0.5, 0.6) is 0 Å². The van der Waals surface area contributed by atoms with Gasteiger partial charge in [0.1, 0.15) is 5.76 Å². The molecule has 0 aliphatic heterocycles. The molecule has 6 nitrogen and oxygen atoms in total. The van der Waals surface area contributed by atoms with E-state index >= 15 is 0 Å². The second kappa shape index (κ2) is 6.45. The van der Waals surface area contributed by atoms with Gasteiger partial charge in [-0.25, -0.2) is 9.98 Å². The summed E-state index contributed by atoms with van der Waals surface area (Å²) in [7, 11) is 0. The Morgan fingerprint density at radius 1 is 1.48 bits per heavy atom. The summed E-state index contributed by atoms with van der Waals surface area (Å²) < 4.78 is 7.31. The first-order valence-electron chi connectivity index (χ1n) is 6.81. The van der Waals surface area contributed by atoms with Gasteiger partial charge in [0.05, 0.1) is 25.0 Å². The van der Waals surface area contributed by atoms with E-state index < -0.39 is 0 Å². The lowest BCUT2D eigenvalue weighted by Gasteiger charge is -2.09. The molecule has 7 heteroatoms. The Morgan fingerprint density at radius 2 is 2.43 bits per heavy atom. The van der Waals surface area contributed by atoms with Crippen molar-refractivity contribution in [3.05, 3.63) is 47.6 Å². The zero-order valence-corrected chi connectivity index (χ0v) is 12.6. The van der Waals surface area contributed by atoms with Crippen LogP contribution in [0.3, 0.4) is 0 Å². The molecule has 0 unspecified atom stereocenters. The van der Waals surface area contributed by atoms with Crippen LogP contribution in [0.1, 0.15) is 18.4 Å². The molecule has 0 radical (unpaired) electrons. The number of aromatic nitrogens is 2. The van der Waals surface area contributed by atoms with E-state index in [0.29, 0.717) is 13.1 Å². The molecule has 3 heterocycles. The molecule has 0 amide bonds. The van der Waals surface area contributed by atoms with Crippen molar-refractivity contribution in [3.63, 3.8) is 0 Å². The summed E-state index contributed by atoms with van der Waals surface area (Å²) in [5.41, 5.74) is 0.956. The Hall–Kier alpha value is -2.28. The molecular weight excluding hydrogens is 286 g/mol. The van der Waals surface area contributed by atoms with Gasteiger partial charge >= 0.3 is 0 Å². The van der Waals surface area contributed by atoms with Gasteiger partial charge in [0.25, 0.3) is 0 Å². The first kappa shape index (κ1) is 13.7. The number of imidazole rings is 1. The van der Waals surface area contributed by atoms with E-state index in [4.69, 9.17) is 4.42 Å². The molecule has 0 atom stereocenters. The Kier molecular flexibility index (Phi) is 4.20. The highest BCUT2D eigenvalue weighted by molar-refractivity contribution is 7.15. The van der Waals surface area contributed by atoms with Gasteiger partial charge in [-0.05, 0) is 19.1 Å². The van der Waals surface area contributed by atoms with E-state index in [1.54, 1.807) is 17.6 Å². The van der Waals surface area contributed by atoms with Crippen LogP contribution in [0.4, 0.5) is 0 Å². The van der Waals surface area contributed by atoms with Crippen molar-refractivity contribution < 1.29 is 4.42 Å². The number of hydrogen-bond acceptors (Lipinski definition) is 4. The SMILES string of the molecule is CCNC(=NCc1cn2ccsc2n1)NCc1ccco1. The Bertz CT molecular complexity index is 684. The monoisotopic (exact) mass is 303 g/mol. The predicted octanol–water partition coefficient (Wildman–Crippen LogP) is 2.24. The summed E-state index contributed by atoms with van der Waals surface area (Å²) in [6.07, 6.45) is 5.67. The maximum absolute atomic E-state index is 5.29. The standard InChI is InChI=1S/C14H17N5OS/c1-2-15-13(17-9-12-4-3-6-20-12)16-8-11-10-19-5-7-21-14(19)18-11/h3-7,10H,2,8-9H2,1H3,(H2,15,16,17). The third-order valence-corrected chi connectivity index (χ3v) is 3.67. The number of furan rings is 1. The summed E-state index contributed by atoms with van der Waals surface area (Å²) in [5, 5.41) is 8.46. The van der Waals surface area contributed by atoms with Gasteiger partial charge in [0, 0.05) is 24.3 Å².